The van der Waals surface area contributed by atoms with Crippen LogP contribution in [0.4, 0.5) is 13.2 Å². The number of alkyl halides is 3. The number of aliphatic imine (C=N–C) groups is 1. The number of benzene rings is 1. The van der Waals surface area contributed by atoms with Gasteiger partial charge in [0, 0.05) is 38.1 Å². The normalized spacial score (nSPS) is 17.8. The summed E-state index contributed by atoms with van der Waals surface area (Å²) in [6.07, 6.45) is 9.32. The van der Waals surface area contributed by atoms with Gasteiger partial charge in [-0.15, -0.1) is 0 Å². The fraction of sp³-hybridized carbons (Fsp3) is 0.531. The van der Waals surface area contributed by atoms with Crippen LogP contribution in [-0.2, 0) is 17.4 Å². The lowest BCUT2D eigenvalue weighted by molar-refractivity contribution is -0.137. The molecule has 1 saturated carbocycles. The van der Waals surface area contributed by atoms with Gasteiger partial charge >= 0.3 is 6.18 Å². The molecule has 0 spiro atoms. The molecule has 1 aromatic heterocycles. The van der Waals surface area contributed by atoms with Crippen LogP contribution in [0.15, 0.2) is 64.9 Å². The van der Waals surface area contributed by atoms with E-state index in [2.05, 4.69) is 16.9 Å². The van der Waals surface area contributed by atoms with Crippen LogP contribution in [0.1, 0.15) is 81.4 Å². The predicted octanol–water partition coefficient (Wildman–Crippen LogP) is 7.68. The lowest BCUT2D eigenvalue weighted by Crippen LogP contribution is -2.41. The van der Waals surface area contributed by atoms with Gasteiger partial charge in [0.25, 0.3) is 5.91 Å². The van der Waals surface area contributed by atoms with Crippen molar-refractivity contribution >= 4 is 11.6 Å². The maximum absolute atomic E-state index is 14.3. The smallest absolute Gasteiger partial charge is 0.339 e. The highest BCUT2D eigenvalue weighted by Gasteiger charge is 2.36. The van der Waals surface area contributed by atoms with E-state index in [1.807, 2.05) is 17.0 Å². The molecule has 1 aliphatic heterocycles. The van der Waals surface area contributed by atoms with Gasteiger partial charge in [0.1, 0.15) is 0 Å². The van der Waals surface area contributed by atoms with E-state index in [4.69, 9.17) is 0 Å². The van der Waals surface area contributed by atoms with Crippen molar-refractivity contribution < 1.29 is 18.0 Å². The molecule has 0 radical (unpaired) electrons. The van der Waals surface area contributed by atoms with Crippen molar-refractivity contribution in [2.45, 2.75) is 77.3 Å². The van der Waals surface area contributed by atoms with Crippen LogP contribution in [0, 0.1) is 11.8 Å². The van der Waals surface area contributed by atoms with Crippen molar-refractivity contribution in [2.24, 2.45) is 16.8 Å². The van der Waals surface area contributed by atoms with Gasteiger partial charge in [-0.05, 0) is 73.3 Å². The second-order valence-corrected chi connectivity index (χ2v) is 10.9. The molecule has 4 nitrogen and oxygen atoms in total. The molecule has 1 aromatic carbocycles. The molecule has 1 amide bonds. The van der Waals surface area contributed by atoms with Crippen LogP contribution in [0.25, 0.3) is 0 Å². The summed E-state index contributed by atoms with van der Waals surface area (Å²) < 4.78 is 40.4. The van der Waals surface area contributed by atoms with Gasteiger partial charge in [0.15, 0.2) is 0 Å². The second kappa shape index (κ2) is 13.4. The Morgan fingerprint density at radius 2 is 1.82 bits per heavy atom. The van der Waals surface area contributed by atoms with Crippen molar-refractivity contribution in [2.75, 3.05) is 20.1 Å². The lowest BCUT2D eigenvalue weighted by atomic mass is 9.88. The largest absolute Gasteiger partial charge is 0.416 e. The van der Waals surface area contributed by atoms with Crippen molar-refractivity contribution in [1.82, 2.24) is 9.88 Å². The highest BCUT2D eigenvalue weighted by Crippen LogP contribution is 2.42. The first-order chi connectivity index (χ1) is 18.8. The van der Waals surface area contributed by atoms with Crippen molar-refractivity contribution in [1.29, 1.82) is 0 Å². The van der Waals surface area contributed by atoms with Crippen LogP contribution < -0.4 is 0 Å². The summed E-state index contributed by atoms with van der Waals surface area (Å²) >= 11 is 0. The Morgan fingerprint density at radius 3 is 2.44 bits per heavy atom. The molecule has 1 saturated heterocycles. The number of amides is 1. The highest BCUT2D eigenvalue weighted by molar-refractivity contribution is 6.28. The molecule has 0 bridgehead atoms. The Hall–Kier alpha value is -2.96. The molecule has 0 unspecified atom stereocenters. The quantitative estimate of drug-likeness (QED) is 0.167. The van der Waals surface area contributed by atoms with Gasteiger partial charge in [0.2, 0.25) is 0 Å². The number of piperidine rings is 1. The maximum atomic E-state index is 14.3. The molecule has 0 atom stereocenters. The van der Waals surface area contributed by atoms with Crippen molar-refractivity contribution in [3.8, 4) is 0 Å². The third-order valence-corrected chi connectivity index (χ3v) is 8.02. The minimum Gasteiger partial charge on any atom is -0.339 e. The number of carbonyl (C=O) groups is 1. The van der Waals surface area contributed by atoms with Crippen LogP contribution >= 0.6 is 0 Å². The molecule has 2 aliphatic rings. The van der Waals surface area contributed by atoms with E-state index in [0.717, 1.165) is 42.9 Å². The zero-order valence-electron chi connectivity index (χ0n) is 23.1. The van der Waals surface area contributed by atoms with Crippen LogP contribution in [0.3, 0.4) is 0 Å². The third kappa shape index (κ3) is 7.80. The Bertz CT molecular complexity index is 1160. The number of hydrogen-bond donors (Lipinski definition) is 0. The van der Waals surface area contributed by atoms with E-state index in [1.54, 1.807) is 25.5 Å². The number of likely N-dealkylation sites (tertiary alicyclic amines) is 1. The molecule has 39 heavy (non-hydrogen) atoms. The zero-order chi connectivity index (χ0) is 27.8. The topological polar surface area (TPSA) is 45.6 Å². The van der Waals surface area contributed by atoms with E-state index in [9.17, 15) is 18.0 Å². The first-order valence-electron chi connectivity index (χ1n) is 14.4. The first-order valence-corrected chi connectivity index (χ1v) is 14.4. The number of nitrogens with zero attached hydrogens (tertiary/aromatic N) is 3. The minimum absolute atomic E-state index is 0.0576. The maximum Gasteiger partial charge on any atom is 0.416 e. The fourth-order valence-corrected chi connectivity index (χ4v) is 5.67. The molecule has 7 heteroatoms. The van der Waals surface area contributed by atoms with Gasteiger partial charge < -0.3 is 4.90 Å². The summed E-state index contributed by atoms with van der Waals surface area (Å²) in [6.45, 7) is 3.62. The molecule has 2 fully saturated rings. The average molecular weight is 540 g/mol. The van der Waals surface area contributed by atoms with Crippen LogP contribution in [-0.4, -0.2) is 41.6 Å². The molecule has 2 heterocycles. The summed E-state index contributed by atoms with van der Waals surface area (Å²) in [5.74, 6) is 0.754. The molecule has 4 rings (SSSR count). The van der Waals surface area contributed by atoms with Gasteiger partial charge in [0.05, 0.1) is 16.8 Å². The third-order valence-electron chi connectivity index (χ3n) is 8.02. The Balaban J connectivity index is 1.65. The Morgan fingerprint density at radius 1 is 1.05 bits per heavy atom. The zero-order valence-corrected chi connectivity index (χ0v) is 23.1. The van der Waals surface area contributed by atoms with E-state index in [1.165, 1.54) is 44.2 Å². The molecular weight excluding hydrogens is 499 g/mol. The summed E-state index contributed by atoms with van der Waals surface area (Å²) in [4.78, 5) is 25.0. The highest BCUT2D eigenvalue weighted by atomic mass is 19.4. The monoisotopic (exact) mass is 539 g/mol. The van der Waals surface area contributed by atoms with Crippen LogP contribution in [0.5, 0.6) is 0 Å². The van der Waals surface area contributed by atoms with Crippen molar-refractivity contribution in [3.63, 3.8) is 0 Å². The number of carbonyl (C=O) groups excluding carboxylic acids is 1. The number of hydrogen-bond acceptors (Lipinski definition) is 3. The molecule has 2 aromatic rings. The standard InChI is InChI=1S/C32H40F3N3O/c1-3-4-5-6-9-23-15-18-38(19-16-23)31(39)29(30(36-2)26-11-8-17-37-22-26)28(25-13-14-25)21-24-10-7-12-27(20-24)32(33,34)35/h7-8,10-12,17,20,22-23,25H,3-6,9,13-16,18-19,21H2,1-2H3/b29-28-,36-30?. The number of aromatic nitrogens is 1. The summed E-state index contributed by atoms with van der Waals surface area (Å²) in [5.41, 5.74) is 2.66. The molecule has 0 N–H and O–H groups in total. The number of allylic oxidation sites excluding steroid dienone is 1. The Kier molecular flexibility index (Phi) is 9.98. The van der Waals surface area contributed by atoms with E-state index in [0.29, 0.717) is 42.3 Å². The molecular formula is C32H40F3N3O. The average Bonchev–Trinajstić information content (AvgIpc) is 3.79. The van der Waals surface area contributed by atoms with E-state index < -0.39 is 11.7 Å². The Labute approximate surface area is 230 Å². The fourth-order valence-electron chi connectivity index (χ4n) is 5.67. The van der Waals surface area contributed by atoms with Gasteiger partial charge in [-0.2, -0.15) is 13.2 Å². The van der Waals surface area contributed by atoms with E-state index >= 15 is 0 Å². The van der Waals surface area contributed by atoms with Gasteiger partial charge in [-0.25, -0.2) is 0 Å². The number of pyridine rings is 1. The predicted molar refractivity (Wildman–Crippen MR) is 150 cm³/mol. The van der Waals surface area contributed by atoms with Crippen LogP contribution in [0.2, 0.25) is 0 Å². The molecule has 210 valence electrons. The number of unbranched alkanes of at least 4 members (excludes halogenated alkanes) is 3. The SMILES string of the molecule is CCCCCCC1CCN(C(=O)/C(C(=NC)c2cccnc2)=C(/Cc2cccc(C(F)(F)F)c2)C2CC2)CC1. The van der Waals surface area contributed by atoms with Gasteiger partial charge in [-0.3, -0.25) is 14.8 Å². The number of halogens is 3. The summed E-state index contributed by atoms with van der Waals surface area (Å²) in [5, 5.41) is 0. The van der Waals surface area contributed by atoms with Gasteiger partial charge in [-0.1, -0.05) is 57.2 Å². The lowest BCUT2D eigenvalue weighted by Gasteiger charge is -2.33. The number of rotatable bonds is 11. The molecule has 1 aliphatic carbocycles. The first kappa shape index (κ1) is 29.0. The summed E-state index contributed by atoms with van der Waals surface area (Å²) in [7, 11) is 1.67. The van der Waals surface area contributed by atoms with Crippen molar-refractivity contribution in [3.05, 3.63) is 76.6 Å². The minimum atomic E-state index is -4.41. The second-order valence-electron chi connectivity index (χ2n) is 10.9. The van der Waals surface area contributed by atoms with E-state index in [-0.39, 0.29) is 11.8 Å². The summed E-state index contributed by atoms with van der Waals surface area (Å²) in [6, 6.07) is 9.18.